The summed E-state index contributed by atoms with van der Waals surface area (Å²) in [6, 6.07) is 10.1. The summed E-state index contributed by atoms with van der Waals surface area (Å²) < 4.78 is 5.92. The highest BCUT2D eigenvalue weighted by atomic mass is 16.4. The Morgan fingerprint density at radius 3 is 2.37 bits per heavy atom. The van der Waals surface area contributed by atoms with Crippen molar-refractivity contribution in [3.63, 3.8) is 0 Å². The van der Waals surface area contributed by atoms with Crippen LogP contribution in [-0.2, 0) is 11.3 Å². The number of oxazole rings is 1. The lowest BCUT2D eigenvalue weighted by atomic mass is 10.1. The molecule has 2 aromatic rings. The maximum atomic E-state index is 12.4. The minimum Gasteiger partial charge on any atom is -0.439 e. The SMILES string of the molecule is O=C(CN1CCN(Cc2ncc(-c3ccccc3)o2)CC1)N1CCCCC1. The smallest absolute Gasteiger partial charge is 0.236 e. The van der Waals surface area contributed by atoms with Gasteiger partial charge in [0.25, 0.3) is 0 Å². The van der Waals surface area contributed by atoms with Gasteiger partial charge in [-0.1, -0.05) is 30.3 Å². The van der Waals surface area contributed by atoms with Gasteiger partial charge in [0.1, 0.15) is 0 Å². The van der Waals surface area contributed by atoms with E-state index < -0.39 is 0 Å². The maximum absolute atomic E-state index is 12.4. The van der Waals surface area contributed by atoms with Crippen molar-refractivity contribution in [2.24, 2.45) is 0 Å². The van der Waals surface area contributed by atoms with Crippen molar-refractivity contribution in [1.82, 2.24) is 19.7 Å². The quantitative estimate of drug-likeness (QED) is 0.812. The van der Waals surface area contributed by atoms with Crippen LogP contribution in [0.3, 0.4) is 0 Å². The molecule has 27 heavy (non-hydrogen) atoms. The summed E-state index contributed by atoms with van der Waals surface area (Å²) >= 11 is 0. The molecule has 0 bridgehead atoms. The molecule has 0 spiro atoms. The second-order valence-electron chi connectivity index (χ2n) is 7.48. The lowest BCUT2D eigenvalue weighted by molar-refractivity contribution is -0.133. The normalized spacial score (nSPS) is 19.3. The second-order valence-corrected chi connectivity index (χ2v) is 7.48. The number of piperidine rings is 1. The zero-order valence-electron chi connectivity index (χ0n) is 15.8. The van der Waals surface area contributed by atoms with E-state index in [1.54, 1.807) is 6.20 Å². The molecule has 0 unspecified atom stereocenters. The fraction of sp³-hybridized carbons (Fsp3) is 0.524. The Labute approximate surface area is 160 Å². The molecule has 2 aliphatic heterocycles. The average Bonchev–Trinajstić information content (AvgIpc) is 3.19. The summed E-state index contributed by atoms with van der Waals surface area (Å²) in [5, 5.41) is 0. The minimum atomic E-state index is 0.295. The summed E-state index contributed by atoms with van der Waals surface area (Å²) in [6.45, 7) is 6.88. The van der Waals surface area contributed by atoms with E-state index in [2.05, 4.69) is 14.8 Å². The van der Waals surface area contributed by atoms with Crippen LogP contribution in [-0.4, -0.2) is 71.4 Å². The molecular formula is C21H28N4O2. The van der Waals surface area contributed by atoms with Gasteiger partial charge in [-0.2, -0.15) is 0 Å². The molecular weight excluding hydrogens is 340 g/mol. The van der Waals surface area contributed by atoms with E-state index in [0.717, 1.165) is 75.9 Å². The first-order chi connectivity index (χ1) is 13.3. The van der Waals surface area contributed by atoms with Gasteiger partial charge in [-0.05, 0) is 19.3 Å². The standard InChI is InChI=1S/C21H28N4O2/c26-21(25-9-5-2-6-10-25)17-24-13-11-23(12-14-24)16-20-22-15-19(27-20)18-7-3-1-4-8-18/h1,3-4,7-8,15H,2,5-6,9-14,16-17H2. The van der Waals surface area contributed by atoms with Gasteiger partial charge in [0.05, 0.1) is 19.3 Å². The molecule has 1 aromatic carbocycles. The number of hydrogen-bond donors (Lipinski definition) is 0. The topological polar surface area (TPSA) is 52.8 Å². The fourth-order valence-corrected chi connectivity index (χ4v) is 3.85. The van der Waals surface area contributed by atoms with Crippen LogP contribution in [0.1, 0.15) is 25.2 Å². The third kappa shape index (κ3) is 4.76. The number of rotatable bonds is 5. The van der Waals surface area contributed by atoms with Crippen LogP contribution < -0.4 is 0 Å². The molecule has 2 fully saturated rings. The van der Waals surface area contributed by atoms with Crippen molar-refractivity contribution in [2.75, 3.05) is 45.8 Å². The first-order valence-corrected chi connectivity index (χ1v) is 10.0. The van der Waals surface area contributed by atoms with Gasteiger partial charge in [-0.25, -0.2) is 4.98 Å². The van der Waals surface area contributed by atoms with Gasteiger partial charge in [0.2, 0.25) is 11.8 Å². The third-order valence-corrected chi connectivity index (χ3v) is 5.50. The summed E-state index contributed by atoms with van der Waals surface area (Å²) in [5.41, 5.74) is 1.05. The first kappa shape index (κ1) is 18.2. The molecule has 0 N–H and O–H groups in total. The number of amides is 1. The predicted molar refractivity (Wildman–Crippen MR) is 104 cm³/mol. The molecule has 3 heterocycles. The number of carbonyl (C=O) groups is 1. The van der Waals surface area contributed by atoms with Crippen LogP contribution in [0.4, 0.5) is 0 Å². The van der Waals surface area contributed by atoms with Crippen molar-refractivity contribution in [3.8, 4) is 11.3 Å². The maximum Gasteiger partial charge on any atom is 0.236 e. The van der Waals surface area contributed by atoms with Crippen molar-refractivity contribution < 1.29 is 9.21 Å². The Kier molecular flexibility index (Phi) is 5.84. The van der Waals surface area contributed by atoms with Crippen molar-refractivity contribution in [1.29, 1.82) is 0 Å². The van der Waals surface area contributed by atoms with Crippen molar-refractivity contribution in [3.05, 3.63) is 42.4 Å². The van der Waals surface area contributed by atoms with Crippen LogP contribution in [0, 0.1) is 0 Å². The average molecular weight is 368 g/mol. The number of carbonyl (C=O) groups excluding carboxylic acids is 1. The Morgan fingerprint density at radius 2 is 1.63 bits per heavy atom. The van der Waals surface area contributed by atoms with Gasteiger partial charge >= 0.3 is 0 Å². The zero-order chi connectivity index (χ0) is 18.5. The number of likely N-dealkylation sites (tertiary alicyclic amines) is 1. The monoisotopic (exact) mass is 368 g/mol. The molecule has 2 aliphatic rings. The molecule has 1 aromatic heterocycles. The van der Waals surface area contributed by atoms with E-state index in [4.69, 9.17) is 4.42 Å². The highest BCUT2D eigenvalue weighted by Crippen LogP contribution is 2.20. The molecule has 0 saturated carbocycles. The second kappa shape index (κ2) is 8.67. The van der Waals surface area contributed by atoms with Gasteiger partial charge < -0.3 is 9.32 Å². The van der Waals surface area contributed by atoms with E-state index in [-0.39, 0.29) is 0 Å². The van der Waals surface area contributed by atoms with E-state index in [1.165, 1.54) is 6.42 Å². The highest BCUT2D eigenvalue weighted by Gasteiger charge is 2.23. The summed E-state index contributed by atoms with van der Waals surface area (Å²) in [4.78, 5) is 23.5. The lowest BCUT2D eigenvalue weighted by Crippen LogP contribution is -2.50. The summed E-state index contributed by atoms with van der Waals surface area (Å²) in [5.74, 6) is 1.87. The van der Waals surface area contributed by atoms with Gasteiger partial charge in [0, 0.05) is 44.8 Å². The molecule has 4 rings (SSSR count). The summed E-state index contributed by atoms with van der Waals surface area (Å²) in [6.07, 6.45) is 5.37. The van der Waals surface area contributed by atoms with E-state index in [9.17, 15) is 4.79 Å². The zero-order valence-corrected chi connectivity index (χ0v) is 15.8. The van der Waals surface area contributed by atoms with Gasteiger partial charge in [-0.15, -0.1) is 0 Å². The number of benzene rings is 1. The molecule has 0 aliphatic carbocycles. The fourth-order valence-electron chi connectivity index (χ4n) is 3.85. The van der Waals surface area contributed by atoms with Crippen LogP contribution in [0.5, 0.6) is 0 Å². The van der Waals surface area contributed by atoms with E-state index in [1.807, 2.05) is 35.2 Å². The third-order valence-electron chi connectivity index (χ3n) is 5.50. The lowest BCUT2D eigenvalue weighted by Gasteiger charge is -2.35. The van der Waals surface area contributed by atoms with Crippen molar-refractivity contribution in [2.45, 2.75) is 25.8 Å². The van der Waals surface area contributed by atoms with Crippen LogP contribution >= 0.6 is 0 Å². The highest BCUT2D eigenvalue weighted by molar-refractivity contribution is 5.78. The molecule has 0 radical (unpaired) electrons. The molecule has 2 saturated heterocycles. The van der Waals surface area contributed by atoms with Crippen LogP contribution in [0.25, 0.3) is 11.3 Å². The van der Waals surface area contributed by atoms with E-state index in [0.29, 0.717) is 12.5 Å². The Balaban J connectivity index is 1.24. The molecule has 0 atom stereocenters. The number of nitrogens with zero attached hydrogens (tertiary/aromatic N) is 4. The predicted octanol–water partition coefficient (Wildman–Crippen LogP) is 2.47. The Hall–Kier alpha value is -2.18. The molecule has 6 heteroatoms. The number of hydrogen-bond acceptors (Lipinski definition) is 5. The van der Waals surface area contributed by atoms with Gasteiger partial charge in [0.15, 0.2) is 5.76 Å². The van der Waals surface area contributed by atoms with E-state index >= 15 is 0 Å². The van der Waals surface area contributed by atoms with Gasteiger partial charge in [-0.3, -0.25) is 14.6 Å². The molecule has 144 valence electrons. The first-order valence-electron chi connectivity index (χ1n) is 10.0. The Bertz CT molecular complexity index is 732. The Morgan fingerprint density at radius 1 is 0.926 bits per heavy atom. The minimum absolute atomic E-state index is 0.295. The molecule has 1 amide bonds. The largest absolute Gasteiger partial charge is 0.439 e. The molecule has 6 nitrogen and oxygen atoms in total. The van der Waals surface area contributed by atoms with Crippen molar-refractivity contribution >= 4 is 5.91 Å². The number of piperazine rings is 1. The summed E-state index contributed by atoms with van der Waals surface area (Å²) in [7, 11) is 0. The number of aromatic nitrogens is 1. The van der Waals surface area contributed by atoms with Crippen LogP contribution in [0.15, 0.2) is 40.9 Å². The van der Waals surface area contributed by atoms with Crippen LogP contribution in [0.2, 0.25) is 0 Å².